The number of esters is 1. The van der Waals surface area contributed by atoms with Gasteiger partial charge in [-0.1, -0.05) is 17.7 Å². The molecule has 1 aliphatic heterocycles. The van der Waals surface area contributed by atoms with E-state index in [9.17, 15) is 14.4 Å². The number of carbonyl (C=O) groups excluding carboxylic acids is 3. The highest BCUT2D eigenvalue weighted by Crippen LogP contribution is 2.19. The van der Waals surface area contributed by atoms with E-state index in [2.05, 4.69) is 5.32 Å². The SMILES string of the molecule is CCOC(=O)CCC(=O)NC1CCN(C(=O)COc2ccc(C)cc2C)CC1. The summed E-state index contributed by atoms with van der Waals surface area (Å²) < 4.78 is 10.5. The van der Waals surface area contributed by atoms with Crippen LogP contribution < -0.4 is 10.1 Å². The van der Waals surface area contributed by atoms with Gasteiger partial charge in [0.1, 0.15) is 5.75 Å². The predicted molar refractivity (Wildman–Crippen MR) is 105 cm³/mol. The van der Waals surface area contributed by atoms with Crippen molar-refractivity contribution in [1.29, 1.82) is 0 Å². The maximum Gasteiger partial charge on any atom is 0.306 e. The van der Waals surface area contributed by atoms with E-state index in [1.165, 1.54) is 0 Å². The van der Waals surface area contributed by atoms with E-state index < -0.39 is 0 Å². The first-order chi connectivity index (χ1) is 13.4. The van der Waals surface area contributed by atoms with Crippen molar-refractivity contribution >= 4 is 17.8 Å². The lowest BCUT2D eigenvalue weighted by Crippen LogP contribution is -2.47. The number of aryl methyl sites for hydroxylation is 2. The maximum atomic E-state index is 12.4. The van der Waals surface area contributed by atoms with Crippen LogP contribution in [0.1, 0.15) is 43.7 Å². The molecule has 0 spiro atoms. The Labute approximate surface area is 166 Å². The number of nitrogens with one attached hydrogen (secondary N) is 1. The van der Waals surface area contributed by atoms with Gasteiger partial charge in [-0.2, -0.15) is 0 Å². The molecule has 154 valence electrons. The molecule has 0 saturated carbocycles. The highest BCUT2D eigenvalue weighted by molar-refractivity contribution is 5.81. The summed E-state index contributed by atoms with van der Waals surface area (Å²) in [5.74, 6) is 0.160. The molecule has 0 atom stereocenters. The number of likely N-dealkylation sites (tertiary alicyclic amines) is 1. The van der Waals surface area contributed by atoms with Crippen LogP contribution in [0.5, 0.6) is 5.75 Å². The standard InChI is InChI=1S/C21H30N2O5/c1-4-27-21(26)8-7-19(24)22-17-9-11-23(12-10-17)20(25)14-28-18-6-5-15(2)13-16(18)3/h5-6,13,17H,4,7-12,14H2,1-3H3,(H,22,24). The maximum absolute atomic E-state index is 12.4. The Balaban J connectivity index is 1.68. The number of hydrogen-bond acceptors (Lipinski definition) is 5. The minimum absolute atomic E-state index is 0.0144. The summed E-state index contributed by atoms with van der Waals surface area (Å²) in [5.41, 5.74) is 2.17. The number of nitrogens with zero attached hydrogens (tertiary/aromatic N) is 1. The zero-order valence-corrected chi connectivity index (χ0v) is 17.0. The molecule has 0 aromatic heterocycles. The van der Waals surface area contributed by atoms with Crippen LogP contribution in [0.4, 0.5) is 0 Å². The third kappa shape index (κ3) is 6.87. The Morgan fingerprint density at radius 2 is 1.86 bits per heavy atom. The van der Waals surface area contributed by atoms with E-state index in [1.54, 1.807) is 11.8 Å². The molecule has 1 fully saturated rings. The second-order valence-corrected chi connectivity index (χ2v) is 7.09. The first-order valence-corrected chi connectivity index (χ1v) is 9.82. The molecule has 1 aromatic rings. The van der Waals surface area contributed by atoms with Gasteiger partial charge in [-0.15, -0.1) is 0 Å². The number of rotatable bonds is 8. The van der Waals surface area contributed by atoms with E-state index in [1.807, 2.05) is 32.0 Å². The van der Waals surface area contributed by atoms with Crippen LogP contribution in [-0.4, -0.2) is 55.0 Å². The van der Waals surface area contributed by atoms with Gasteiger partial charge in [0.25, 0.3) is 5.91 Å². The number of benzene rings is 1. The highest BCUT2D eigenvalue weighted by Gasteiger charge is 2.24. The lowest BCUT2D eigenvalue weighted by atomic mass is 10.0. The first-order valence-electron chi connectivity index (χ1n) is 9.82. The van der Waals surface area contributed by atoms with Crippen molar-refractivity contribution in [3.05, 3.63) is 29.3 Å². The zero-order chi connectivity index (χ0) is 20.5. The normalized spacial score (nSPS) is 14.5. The van der Waals surface area contributed by atoms with Gasteiger partial charge in [0.15, 0.2) is 6.61 Å². The van der Waals surface area contributed by atoms with Crippen LogP contribution in [0, 0.1) is 13.8 Å². The third-order valence-electron chi connectivity index (χ3n) is 4.76. The van der Waals surface area contributed by atoms with Crippen LogP contribution in [-0.2, 0) is 19.1 Å². The average Bonchev–Trinajstić information content (AvgIpc) is 2.66. The fourth-order valence-corrected chi connectivity index (χ4v) is 3.21. The Kier molecular flexibility index (Phi) is 8.29. The van der Waals surface area contributed by atoms with Crippen LogP contribution >= 0.6 is 0 Å². The molecule has 2 rings (SSSR count). The molecule has 1 heterocycles. The first kappa shape index (κ1) is 21.7. The zero-order valence-electron chi connectivity index (χ0n) is 17.0. The van der Waals surface area contributed by atoms with E-state index in [0.29, 0.717) is 32.5 Å². The second kappa shape index (κ2) is 10.7. The summed E-state index contributed by atoms with van der Waals surface area (Å²) >= 11 is 0. The molecule has 2 amide bonds. The summed E-state index contributed by atoms with van der Waals surface area (Å²) in [4.78, 5) is 37.4. The van der Waals surface area contributed by atoms with Gasteiger partial charge >= 0.3 is 5.97 Å². The van der Waals surface area contributed by atoms with Crippen molar-refractivity contribution in [2.75, 3.05) is 26.3 Å². The van der Waals surface area contributed by atoms with Gasteiger partial charge in [0.2, 0.25) is 5.91 Å². The molecule has 0 unspecified atom stereocenters. The van der Waals surface area contributed by atoms with Crippen LogP contribution in [0.25, 0.3) is 0 Å². The summed E-state index contributed by atoms with van der Waals surface area (Å²) in [6, 6.07) is 5.90. The van der Waals surface area contributed by atoms with E-state index in [-0.39, 0.29) is 43.3 Å². The van der Waals surface area contributed by atoms with Crippen molar-refractivity contribution in [3.63, 3.8) is 0 Å². The molecular weight excluding hydrogens is 360 g/mol. The average molecular weight is 390 g/mol. The molecule has 1 N–H and O–H groups in total. The quantitative estimate of drug-likeness (QED) is 0.688. The fraction of sp³-hybridized carbons (Fsp3) is 0.571. The van der Waals surface area contributed by atoms with Crippen LogP contribution in [0.2, 0.25) is 0 Å². The monoisotopic (exact) mass is 390 g/mol. The van der Waals surface area contributed by atoms with E-state index in [4.69, 9.17) is 9.47 Å². The third-order valence-corrected chi connectivity index (χ3v) is 4.76. The van der Waals surface area contributed by atoms with Crippen molar-refractivity contribution in [2.45, 2.75) is 52.5 Å². The molecule has 7 heteroatoms. The number of hydrogen-bond donors (Lipinski definition) is 1. The summed E-state index contributed by atoms with van der Waals surface area (Å²) in [5, 5.41) is 2.93. The molecule has 0 bridgehead atoms. The number of ether oxygens (including phenoxy) is 2. The van der Waals surface area contributed by atoms with Gasteiger partial charge in [0, 0.05) is 25.6 Å². The summed E-state index contributed by atoms with van der Waals surface area (Å²) in [6.07, 6.45) is 1.61. The van der Waals surface area contributed by atoms with Gasteiger partial charge < -0.3 is 19.7 Å². The van der Waals surface area contributed by atoms with Gasteiger partial charge in [0.05, 0.1) is 13.0 Å². The predicted octanol–water partition coefficient (Wildman–Crippen LogP) is 2.13. The second-order valence-electron chi connectivity index (χ2n) is 7.09. The lowest BCUT2D eigenvalue weighted by molar-refractivity contribution is -0.144. The minimum atomic E-state index is -0.359. The number of carbonyl (C=O) groups is 3. The van der Waals surface area contributed by atoms with Crippen molar-refractivity contribution in [1.82, 2.24) is 10.2 Å². The minimum Gasteiger partial charge on any atom is -0.484 e. The molecule has 7 nitrogen and oxygen atoms in total. The van der Waals surface area contributed by atoms with Crippen LogP contribution in [0.15, 0.2) is 18.2 Å². The summed E-state index contributed by atoms with van der Waals surface area (Å²) in [6.45, 7) is 7.21. The van der Waals surface area contributed by atoms with Crippen molar-refractivity contribution < 1.29 is 23.9 Å². The summed E-state index contributed by atoms with van der Waals surface area (Å²) in [7, 11) is 0. The Morgan fingerprint density at radius 1 is 1.14 bits per heavy atom. The van der Waals surface area contributed by atoms with Crippen LogP contribution in [0.3, 0.4) is 0 Å². The molecule has 0 radical (unpaired) electrons. The van der Waals surface area contributed by atoms with Crippen molar-refractivity contribution in [3.8, 4) is 5.75 Å². The Morgan fingerprint density at radius 3 is 2.50 bits per heavy atom. The molecule has 0 aliphatic carbocycles. The van der Waals surface area contributed by atoms with E-state index in [0.717, 1.165) is 16.9 Å². The van der Waals surface area contributed by atoms with E-state index >= 15 is 0 Å². The van der Waals surface area contributed by atoms with Gasteiger partial charge in [-0.05, 0) is 45.2 Å². The van der Waals surface area contributed by atoms with Gasteiger partial charge in [-0.25, -0.2) is 0 Å². The molecule has 1 aromatic carbocycles. The number of piperidine rings is 1. The Bertz CT molecular complexity index is 696. The fourth-order valence-electron chi connectivity index (χ4n) is 3.21. The lowest BCUT2D eigenvalue weighted by Gasteiger charge is -2.32. The van der Waals surface area contributed by atoms with Crippen molar-refractivity contribution in [2.24, 2.45) is 0 Å². The highest BCUT2D eigenvalue weighted by atomic mass is 16.5. The number of amides is 2. The Hall–Kier alpha value is -2.57. The van der Waals surface area contributed by atoms with Gasteiger partial charge in [-0.3, -0.25) is 14.4 Å². The molecule has 1 aliphatic rings. The molecular formula is C21H30N2O5. The smallest absolute Gasteiger partial charge is 0.306 e. The molecule has 28 heavy (non-hydrogen) atoms. The molecule has 1 saturated heterocycles. The topological polar surface area (TPSA) is 84.9 Å². The largest absolute Gasteiger partial charge is 0.484 e.